The molecule has 3 amide bonds. The van der Waals surface area contributed by atoms with Crippen molar-refractivity contribution in [2.45, 2.75) is 32.0 Å². The van der Waals surface area contributed by atoms with E-state index in [0.29, 0.717) is 17.2 Å². The zero-order valence-electron chi connectivity index (χ0n) is 21.2. The molecule has 0 saturated heterocycles. The van der Waals surface area contributed by atoms with Gasteiger partial charge in [0.1, 0.15) is 12.1 Å². The maximum atomic E-state index is 13.0. The van der Waals surface area contributed by atoms with Gasteiger partial charge in [-0.05, 0) is 36.8 Å². The van der Waals surface area contributed by atoms with Crippen LogP contribution >= 0.6 is 0 Å². The van der Waals surface area contributed by atoms with Gasteiger partial charge < -0.3 is 25.4 Å². The Kier molecular flexibility index (Phi) is 10.3. The zero-order chi connectivity index (χ0) is 27.3. The first-order chi connectivity index (χ1) is 18.4. The van der Waals surface area contributed by atoms with Crippen LogP contribution in [0.2, 0.25) is 0 Å². The van der Waals surface area contributed by atoms with Crippen LogP contribution in [0.5, 0.6) is 11.5 Å². The lowest BCUT2D eigenvalue weighted by molar-refractivity contribution is -0.140. The van der Waals surface area contributed by atoms with Gasteiger partial charge in [0.15, 0.2) is 18.1 Å². The van der Waals surface area contributed by atoms with Crippen LogP contribution in [-0.2, 0) is 32.1 Å². The Morgan fingerprint density at radius 2 is 1.55 bits per heavy atom. The number of methoxy groups -OCH3 is 1. The smallest absolute Gasteiger partial charge is 0.289 e. The van der Waals surface area contributed by atoms with Gasteiger partial charge in [-0.1, -0.05) is 48.5 Å². The SMILES string of the molecule is COc1ccccc1OCC(=O)N[C@H](C)C(=O)N[C@H](Cc1ccccc1)C(=O)C(=O)NCc1ccccn1. The lowest BCUT2D eigenvalue weighted by Gasteiger charge is -2.21. The highest BCUT2D eigenvalue weighted by Gasteiger charge is 2.29. The first kappa shape index (κ1) is 27.9. The molecular formula is C28H30N4O6. The van der Waals surface area contributed by atoms with E-state index in [1.807, 2.05) is 6.07 Å². The summed E-state index contributed by atoms with van der Waals surface area (Å²) in [5.74, 6) is -1.97. The van der Waals surface area contributed by atoms with Crippen molar-refractivity contribution in [2.24, 2.45) is 0 Å². The lowest BCUT2D eigenvalue weighted by Crippen LogP contribution is -2.54. The van der Waals surface area contributed by atoms with E-state index in [0.717, 1.165) is 5.56 Å². The molecule has 10 heteroatoms. The van der Waals surface area contributed by atoms with Crippen LogP contribution < -0.4 is 25.4 Å². The molecule has 3 aromatic rings. The normalized spacial score (nSPS) is 11.9. The molecule has 0 unspecified atom stereocenters. The number of carbonyl (C=O) groups is 4. The van der Waals surface area contributed by atoms with E-state index >= 15 is 0 Å². The van der Waals surface area contributed by atoms with Gasteiger partial charge in [0.05, 0.1) is 19.3 Å². The predicted octanol–water partition coefficient (Wildman–Crippen LogP) is 1.59. The third kappa shape index (κ3) is 8.44. The van der Waals surface area contributed by atoms with Crippen molar-refractivity contribution in [3.63, 3.8) is 0 Å². The van der Waals surface area contributed by atoms with Gasteiger partial charge in [0.2, 0.25) is 11.7 Å². The topological polar surface area (TPSA) is 136 Å². The van der Waals surface area contributed by atoms with Crippen molar-refractivity contribution >= 4 is 23.5 Å². The van der Waals surface area contributed by atoms with E-state index < -0.39 is 35.6 Å². The largest absolute Gasteiger partial charge is 0.493 e. The molecule has 38 heavy (non-hydrogen) atoms. The Morgan fingerprint density at radius 3 is 2.24 bits per heavy atom. The predicted molar refractivity (Wildman–Crippen MR) is 139 cm³/mol. The molecular weight excluding hydrogens is 488 g/mol. The molecule has 1 heterocycles. The highest BCUT2D eigenvalue weighted by Crippen LogP contribution is 2.25. The van der Waals surface area contributed by atoms with E-state index in [1.54, 1.807) is 72.9 Å². The Morgan fingerprint density at radius 1 is 0.868 bits per heavy atom. The van der Waals surface area contributed by atoms with Crippen LogP contribution in [0.3, 0.4) is 0 Å². The van der Waals surface area contributed by atoms with Crippen LogP contribution in [0.15, 0.2) is 79.0 Å². The minimum absolute atomic E-state index is 0.0656. The van der Waals surface area contributed by atoms with Gasteiger partial charge in [-0.25, -0.2) is 0 Å². The van der Waals surface area contributed by atoms with Crippen LogP contribution in [-0.4, -0.2) is 54.3 Å². The van der Waals surface area contributed by atoms with Crippen molar-refractivity contribution in [1.29, 1.82) is 0 Å². The number of ether oxygens (including phenoxy) is 2. The average molecular weight is 519 g/mol. The number of hydrogen-bond acceptors (Lipinski definition) is 7. The molecule has 0 saturated carbocycles. The summed E-state index contributed by atoms with van der Waals surface area (Å²) in [6.07, 6.45) is 1.68. The van der Waals surface area contributed by atoms with Gasteiger partial charge in [-0.15, -0.1) is 0 Å². The second kappa shape index (κ2) is 14.1. The number of nitrogens with one attached hydrogen (secondary N) is 3. The molecule has 0 aliphatic heterocycles. The molecule has 0 fully saturated rings. The standard InChI is InChI=1S/C28H30N4O6/c1-19(31-25(33)18-38-24-14-7-6-13-23(24)37-2)27(35)32-22(16-20-10-4-3-5-11-20)26(34)28(36)30-17-21-12-8-9-15-29-21/h3-15,19,22H,16-18H2,1-2H3,(H,30,36)(H,31,33)(H,32,35)/t19-,22-/m1/s1. The van der Waals surface area contributed by atoms with Gasteiger partial charge in [-0.3, -0.25) is 24.2 Å². The third-order valence-corrected chi connectivity index (χ3v) is 5.49. The fraction of sp³-hybridized carbons (Fsp3) is 0.250. The molecule has 3 N–H and O–H groups in total. The highest BCUT2D eigenvalue weighted by molar-refractivity contribution is 6.38. The fourth-order valence-corrected chi connectivity index (χ4v) is 3.50. The van der Waals surface area contributed by atoms with Crippen molar-refractivity contribution in [3.05, 3.63) is 90.3 Å². The summed E-state index contributed by atoms with van der Waals surface area (Å²) in [5.41, 5.74) is 1.34. The number of hydrogen-bond donors (Lipinski definition) is 3. The van der Waals surface area contributed by atoms with Crippen LogP contribution in [0.25, 0.3) is 0 Å². The number of rotatable bonds is 13. The van der Waals surface area contributed by atoms with Crippen LogP contribution in [0, 0.1) is 0 Å². The maximum absolute atomic E-state index is 13.0. The number of aromatic nitrogens is 1. The van der Waals surface area contributed by atoms with Gasteiger partial charge in [0, 0.05) is 12.6 Å². The van der Waals surface area contributed by atoms with E-state index in [9.17, 15) is 19.2 Å². The molecule has 2 aromatic carbocycles. The summed E-state index contributed by atoms with van der Waals surface area (Å²) in [4.78, 5) is 55.0. The number of Topliss-reactive ketones (excluding diaryl/α,β-unsaturated/α-hetero) is 1. The summed E-state index contributed by atoms with van der Waals surface area (Å²) in [5, 5.41) is 7.68. The summed E-state index contributed by atoms with van der Waals surface area (Å²) in [7, 11) is 1.49. The first-order valence-electron chi connectivity index (χ1n) is 12.0. The molecule has 0 spiro atoms. The lowest BCUT2D eigenvalue weighted by atomic mass is 10.0. The number of amides is 3. The maximum Gasteiger partial charge on any atom is 0.289 e. The van der Waals surface area contributed by atoms with Crippen molar-refractivity contribution in [2.75, 3.05) is 13.7 Å². The number of carbonyl (C=O) groups excluding carboxylic acids is 4. The second-order valence-electron chi connectivity index (χ2n) is 8.35. The van der Waals surface area contributed by atoms with Crippen molar-refractivity contribution < 1.29 is 28.7 Å². The Hall–Kier alpha value is -4.73. The van der Waals surface area contributed by atoms with Crippen molar-refractivity contribution in [3.8, 4) is 11.5 Å². The highest BCUT2D eigenvalue weighted by atomic mass is 16.5. The minimum Gasteiger partial charge on any atom is -0.493 e. The molecule has 10 nitrogen and oxygen atoms in total. The second-order valence-corrected chi connectivity index (χ2v) is 8.35. The Balaban J connectivity index is 1.59. The monoisotopic (exact) mass is 518 g/mol. The zero-order valence-corrected chi connectivity index (χ0v) is 21.2. The molecule has 198 valence electrons. The van der Waals surface area contributed by atoms with Gasteiger partial charge in [-0.2, -0.15) is 0 Å². The number of nitrogens with zero attached hydrogens (tertiary/aromatic N) is 1. The summed E-state index contributed by atoms with van der Waals surface area (Å²) in [6.45, 7) is 1.19. The Labute approximate surface area is 220 Å². The third-order valence-electron chi connectivity index (χ3n) is 5.49. The minimum atomic E-state index is -1.14. The van der Waals surface area contributed by atoms with Crippen LogP contribution in [0.4, 0.5) is 0 Å². The molecule has 1 aromatic heterocycles. The van der Waals surface area contributed by atoms with Gasteiger partial charge >= 0.3 is 0 Å². The van der Waals surface area contributed by atoms with E-state index in [2.05, 4.69) is 20.9 Å². The van der Waals surface area contributed by atoms with E-state index in [1.165, 1.54) is 14.0 Å². The molecule has 0 radical (unpaired) electrons. The van der Waals surface area contributed by atoms with Gasteiger partial charge in [0.25, 0.3) is 11.8 Å². The molecule has 0 aliphatic carbocycles. The van der Waals surface area contributed by atoms with Crippen LogP contribution in [0.1, 0.15) is 18.2 Å². The number of pyridine rings is 1. The number of ketones is 1. The molecule has 3 rings (SSSR count). The Bertz CT molecular complexity index is 1240. The fourth-order valence-electron chi connectivity index (χ4n) is 3.50. The quantitative estimate of drug-likeness (QED) is 0.292. The molecule has 2 atom stereocenters. The van der Waals surface area contributed by atoms with Crippen molar-refractivity contribution in [1.82, 2.24) is 20.9 Å². The van der Waals surface area contributed by atoms with E-state index in [4.69, 9.17) is 9.47 Å². The molecule has 0 bridgehead atoms. The average Bonchev–Trinajstić information content (AvgIpc) is 2.95. The summed E-state index contributed by atoms with van der Waals surface area (Å²) in [6, 6.07) is 18.9. The summed E-state index contributed by atoms with van der Waals surface area (Å²) < 4.78 is 10.7. The summed E-state index contributed by atoms with van der Waals surface area (Å²) >= 11 is 0. The number of benzene rings is 2. The first-order valence-corrected chi connectivity index (χ1v) is 12.0. The molecule has 0 aliphatic rings. The number of para-hydroxylation sites is 2. The van der Waals surface area contributed by atoms with E-state index in [-0.39, 0.29) is 19.6 Å².